The van der Waals surface area contributed by atoms with Crippen LogP contribution in [0.2, 0.25) is 0 Å². The molecule has 0 bridgehead atoms. The number of aromatic nitrogens is 1. The van der Waals surface area contributed by atoms with Gasteiger partial charge in [-0.05, 0) is 24.6 Å². The summed E-state index contributed by atoms with van der Waals surface area (Å²) < 4.78 is 40.0. The average Bonchev–Trinajstić information content (AvgIpc) is 2.41. The van der Waals surface area contributed by atoms with Gasteiger partial charge in [-0.25, -0.2) is 18.2 Å². The molecule has 2 aromatic rings. The standard InChI is InChI=1S/C14H14F3N3/c1-2-18-13-11(16)7-12(17)14(20-13)19-8-9-4-3-5-10(15)6-9/h3-7H,2,8H2,1H3,(H2,18,19,20). The summed E-state index contributed by atoms with van der Waals surface area (Å²) in [4.78, 5) is 3.83. The van der Waals surface area contributed by atoms with E-state index in [4.69, 9.17) is 0 Å². The van der Waals surface area contributed by atoms with Crippen LogP contribution in [-0.2, 0) is 6.54 Å². The number of rotatable bonds is 5. The molecule has 0 spiro atoms. The fourth-order valence-corrected chi connectivity index (χ4v) is 1.71. The fourth-order valence-electron chi connectivity index (χ4n) is 1.71. The van der Waals surface area contributed by atoms with Crippen molar-refractivity contribution in [2.24, 2.45) is 0 Å². The molecule has 0 saturated carbocycles. The number of nitrogens with one attached hydrogen (secondary N) is 2. The van der Waals surface area contributed by atoms with E-state index in [1.165, 1.54) is 12.1 Å². The Bertz CT molecular complexity index is 602. The molecule has 0 aliphatic carbocycles. The van der Waals surface area contributed by atoms with Gasteiger partial charge in [0.25, 0.3) is 0 Å². The Balaban J connectivity index is 2.14. The lowest BCUT2D eigenvalue weighted by Gasteiger charge is -2.10. The van der Waals surface area contributed by atoms with Crippen LogP contribution < -0.4 is 10.6 Å². The van der Waals surface area contributed by atoms with Gasteiger partial charge in [0.15, 0.2) is 23.3 Å². The minimum atomic E-state index is -0.791. The molecule has 1 heterocycles. The molecule has 106 valence electrons. The van der Waals surface area contributed by atoms with Crippen LogP contribution in [0.4, 0.5) is 24.8 Å². The molecule has 0 fully saturated rings. The first-order valence-electron chi connectivity index (χ1n) is 6.18. The molecule has 2 rings (SSSR count). The average molecular weight is 281 g/mol. The molecule has 0 unspecified atom stereocenters. The van der Waals surface area contributed by atoms with E-state index in [0.717, 1.165) is 6.07 Å². The SMILES string of the molecule is CCNc1nc(NCc2cccc(F)c2)c(F)cc1F. The molecule has 1 aromatic carbocycles. The van der Waals surface area contributed by atoms with E-state index < -0.39 is 11.6 Å². The maximum atomic E-state index is 13.6. The maximum absolute atomic E-state index is 13.6. The van der Waals surface area contributed by atoms with Crippen molar-refractivity contribution in [3.05, 3.63) is 53.3 Å². The molecule has 6 heteroatoms. The van der Waals surface area contributed by atoms with Crippen LogP contribution in [0.3, 0.4) is 0 Å². The number of hydrogen-bond acceptors (Lipinski definition) is 3. The summed E-state index contributed by atoms with van der Waals surface area (Å²) in [6.45, 7) is 2.45. The lowest BCUT2D eigenvalue weighted by molar-refractivity contribution is 0.578. The predicted octanol–water partition coefficient (Wildman–Crippen LogP) is 3.54. The highest BCUT2D eigenvalue weighted by atomic mass is 19.1. The molecule has 20 heavy (non-hydrogen) atoms. The zero-order valence-electron chi connectivity index (χ0n) is 10.9. The van der Waals surface area contributed by atoms with Crippen LogP contribution >= 0.6 is 0 Å². The quantitative estimate of drug-likeness (QED) is 0.880. The summed E-state index contributed by atoms with van der Waals surface area (Å²) >= 11 is 0. The molecular weight excluding hydrogens is 267 g/mol. The topological polar surface area (TPSA) is 37.0 Å². The van der Waals surface area contributed by atoms with Gasteiger partial charge in [-0.1, -0.05) is 12.1 Å². The summed E-state index contributed by atoms with van der Waals surface area (Å²) in [5.41, 5.74) is 0.639. The third-order valence-electron chi connectivity index (χ3n) is 2.62. The van der Waals surface area contributed by atoms with Crippen LogP contribution in [0.5, 0.6) is 0 Å². The van der Waals surface area contributed by atoms with Gasteiger partial charge in [0, 0.05) is 19.2 Å². The molecule has 0 radical (unpaired) electrons. The molecule has 0 saturated heterocycles. The van der Waals surface area contributed by atoms with Gasteiger partial charge < -0.3 is 10.6 Å². The Hall–Kier alpha value is -2.24. The van der Waals surface area contributed by atoms with Gasteiger partial charge in [-0.15, -0.1) is 0 Å². The second-order valence-electron chi connectivity index (χ2n) is 4.16. The van der Waals surface area contributed by atoms with Crippen molar-refractivity contribution in [3.8, 4) is 0 Å². The molecule has 1 aromatic heterocycles. The number of nitrogens with zero attached hydrogens (tertiary/aromatic N) is 1. The zero-order valence-corrected chi connectivity index (χ0v) is 10.9. The van der Waals surface area contributed by atoms with E-state index in [1.54, 1.807) is 19.1 Å². The number of anilines is 2. The van der Waals surface area contributed by atoms with Gasteiger partial charge in [-0.3, -0.25) is 0 Å². The zero-order chi connectivity index (χ0) is 14.5. The van der Waals surface area contributed by atoms with Gasteiger partial charge in [0.05, 0.1) is 0 Å². The van der Waals surface area contributed by atoms with E-state index in [0.29, 0.717) is 12.1 Å². The van der Waals surface area contributed by atoms with E-state index in [2.05, 4.69) is 15.6 Å². The van der Waals surface area contributed by atoms with Crippen molar-refractivity contribution in [1.82, 2.24) is 4.98 Å². The van der Waals surface area contributed by atoms with E-state index in [9.17, 15) is 13.2 Å². The van der Waals surface area contributed by atoms with Crippen molar-refractivity contribution in [2.75, 3.05) is 17.2 Å². The summed E-state index contributed by atoms with van der Waals surface area (Å²) in [7, 11) is 0. The third kappa shape index (κ3) is 3.40. The lowest BCUT2D eigenvalue weighted by atomic mass is 10.2. The highest BCUT2D eigenvalue weighted by molar-refractivity contribution is 5.47. The molecule has 0 aliphatic heterocycles. The minimum Gasteiger partial charge on any atom is -0.368 e. The minimum absolute atomic E-state index is 0.0179. The normalized spacial score (nSPS) is 10.4. The van der Waals surface area contributed by atoms with Crippen molar-refractivity contribution < 1.29 is 13.2 Å². The smallest absolute Gasteiger partial charge is 0.168 e. The summed E-state index contributed by atoms with van der Waals surface area (Å²) in [5.74, 6) is -2.01. The molecule has 0 amide bonds. The lowest BCUT2D eigenvalue weighted by Crippen LogP contribution is -2.08. The summed E-state index contributed by atoms with van der Waals surface area (Å²) in [6.07, 6.45) is 0. The van der Waals surface area contributed by atoms with Crippen molar-refractivity contribution >= 4 is 11.6 Å². The first kappa shape index (κ1) is 14.2. The summed E-state index contributed by atoms with van der Waals surface area (Å²) in [6, 6.07) is 6.68. The van der Waals surface area contributed by atoms with E-state index in [-0.39, 0.29) is 24.0 Å². The Kier molecular flexibility index (Phi) is 4.45. The molecular formula is C14H14F3N3. The molecule has 0 aliphatic rings. The van der Waals surface area contributed by atoms with Gasteiger partial charge in [-0.2, -0.15) is 0 Å². The second kappa shape index (κ2) is 6.27. The number of pyridine rings is 1. The first-order chi connectivity index (χ1) is 9.60. The van der Waals surface area contributed by atoms with E-state index >= 15 is 0 Å². The number of halogens is 3. The largest absolute Gasteiger partial charge is 0.368 e. The van der Waals surface area contributed by atoms with Gasteiger partial charge in [0.2, 0.25) is 0 Å². The molecule has 3 nitrogen and oxygen atoms in total. The van der Waals surface area contributed by atoms with Crippen molar-refractivity contribution in [3.63, 3.8) is 0 Å². The van der Waals surface area contributed by atoms with Crippen molar-refractivity contribution in [2.45, 2.75) is 13.5 Å². The number of hydrogen-bond donors (Lipinski definition) is 2. The third-order valence-corrected chi connectivity index (χ3v) is 2.62. The van der Waals surface area contributed by atoms with Gasteiger partial charge >= 0.3 is 0 Å². The van der Waals surface area contributed by atoms with Crippen LogP contribution in [-0.4, -0.2) is 11.5 Å². The Labute approximate surface area is 114 Å². The van der Waals surface area contributed by atoms with Crippen LogP contribution in [0, 0.1) is 17.5 Å². The first-order valence-corrected chi connectivity index (χ1v) is 6.18. The molecule has 0 atom stereocenters. The monoisotopic (exact) mass is 281 g/mol. The fraction of sp³-hybridized carbons (Fsp3) is 0.214. The van der Waals surface area contributed by atoms with Crippen LogP contribution in [0.1, 0.15) is 12.5 Å². The van der Waals surface area contributed by atoms with Crippen LogP contribution in [0.15, 0.2) is 30.3 Å². The Morgan fingerprint density at radius 2 is 1.70 bits per heavy atom. The van der Waals surface area contributed by atoms with Crippen LogP contribution in [0.25, 0.3) is 0 Å². The van der Waals surface area contributed by atoms with E-state index in [1.807, 2.05) is 0 Å². The number of benzene rings is 1. The summed E-state index contributed by atoms with van der Waals surface area (Å²) in [5, 5.41) is 5.42. The predicted molar refractivity (Wildman–Crippen MR) is 72.0 cm³/mol. The Morgan fingerprint density at radius 3 is 2.35 bits per heavy atom. The van der Waals surface area contributed by atoms with Crippen molar-refractivity contribution in [1.29, 1.82) is 0 Å². The highest BCUT2D eigenvalue weighted by Gasteiger charge is 2.11. The van der Waals surface area contributed by atoms with Gasteiger partial charge in [0.1, 0.15) is 5.82 Å². The molecule has 2 N–H and O–H groups in total. The Morgan fingerprint density at radius 1 is 1.00 bits per heavy atom. The maximum Gasteiger partial charge on any atom is 0.168 e. The highest BCUT2D eigenvalue weighted by Crippen LogP contribution is 2.19. The second-order valence-corrected chi connectivity index (χ2v) is 4.16.